The Bertz CT molecular complexity index is 507. The topological polar surface area (TPSA) is 64.9 Å². The monoisotopic (exact) mass is 255 g/mol. The molecule has 0 fully saturated rings. The van der Waals surface area contributed by atoms with E-state index in [4.69, 9.17) is 21.8 Å². The van der Waals surface area contributed by atoms with E-state index in [-0.39, 0.29) is 0 Å². The molecule has 0 aliphatic heterocycles. The van der Waals surface area contributed by atoms with E-state index in [1.165, 1.54) is 11.8 Å². The number of aryl methyl sites for hydroxylation is 2. The maximum absolute atomic E-state index is 5.78. The molecule has 0 saturated carbocycles. The molecule has 0 aliphatic rings. The van der Waals surface area contributed by atoms with Gasteiger partial charge in [-0.1, -0.05) is 11.6 Å². The van der Waals surface area contributed by atoms with E-state index in [1.807, 2.05) is 13.8 Å². The van der Waals surface area contributed by atoms with Crippen LogP contribution < -0.4 is 5.73 Å². The van der Waals surface area contributed by atoms with E-state index < -0.39 is 0 Å². The Morgan fingerprint density at radius 1 is 1.44 bits per heavy atom. The first-order valence-electron chi connectivity index (χ1n) is 4.59. The zero-order valence-electron chi connectivity index (χ0n) is 8.82. The molecule has 0 aliphatic carbocycles. The van der Waals surface area contributed by atoms with Crippen LogP contribution in [0, 0.1) is 13.8 Å². The van der Waals surface area contributed by atoms with Gasteiger partial charge in [-0.15, -0.1) is 0 Å². The predicted octanol–water partition coefficient (Wildman–Crippen LogP) is 3.07. The minimum Gasteiger partial charge on any atom is -0.436 e. The standard InChI is InChI=1S/C10H10ClN3OS/c1-5-6(2)15-10(14-5)16-9-8(12)3-7(11)4-13-9/h3-4H,12H2,1-2H3. The number of aromatic nitrogens is 2. The van der Waals surface area contributed by atoms with Gasteiger partial charge in [0.15, 0.2) is 0 Å². The summed E-state index contributed by atoms with van der Waals surface area (Å²) in [5.41, 5.74) is 7.17. The van der Waals surface area contributed by atoms with Crippen molar-refractivity contribution < 1.29 is 4.42 Å². The second-order valence-corrected chi connectivity index (χ2v) is 4.65. The SMILES string of the molecule is Cc1nc(Sc2ncc(Cl)cc2N)oc1C. The van der Waals surface area contributed by atoms with E-state index in [1.54, 1.807) is 12.3 Å². The molecule has 0 aromatic carbocycles. The third kappa shape index (κ3) is 2.31. The Labute approximate surface area is 102 Å². The molecule has 0 saturated heterocycles. The van der Waals surface area contributed by atoms with E-state index in [9.17, 15) is 0 Å². The summed E-state index contributed by atoms with van der Waals surface area (Å²) in [6.45, 7) is 3.76. The molecule has 0 atom stereocenters. The summed E-state index contributed by atoms with van der Waals surface area (Å²) in [6, 6.07) is 1.65. The Morgan fingerprint density at radius 3 is 2.75 bits per heavy atom. The zero-order chi connectivity index (χ0) is 11.7. The van der Waals surface area contributed by atoms with Crippen molar-refractivity contribution in [3.05, 3.63) is 28.7 Å². The first-order valence-corrected chi connectivity index (χ1v) is 5.78. The number of hydrogen-bond acceptors (Lipinski definition) is 5. The van der Waals surface area contributed by atoms with E-state index >= 15 is 0 Å². The highest BCUT2D eigenvalue weighted by Crippen LogP contribution is 2.31. The third-order valence-electron chi connectivity index (χ3n) is 2.04. The van der Waals surface area contributed by atoms with Gasteiger partial charge in [0.2, 0.25) is 0 Å². The predicted molar refractivity (Wildman–Crippen MR) is 63.8 cm³/mol. The van der Waals surface area contributed by atoms with Crippen molar-refractivity contribution in [1.29, 1.82) is 0 Å². The molecule has 0 spiro atoms. The number of nitrogens with two attached hydrogens (primary N) is 1. The molecule has 2 aromatic heterocycles. The summed E-state index contributed by atoms with van der Waals surface area (Å²) in [7, 11) is 0. The van der Waals surface area contributed by atoms with Crippen LogP contribution in [-0.4, -0.2) is 9.97 Å². The van der Waals surface area contributed by atoms with Crippen LogP contribution in [0.25, 0.3) is 0 Å². The van der Waals surface area contributed by atoms with Gasteiger partial charge < -0.3 is 10.2 Å². The Balaban J connectivity index is 2.27. The second kappa shape index (κ2) is 4.35. The largest absolute Gasteiger partial charge is 0.436 e. The lowest BCUT2D eigenvalue weighted by molar-refractivity contribution is 0.431. The van der Waals surface area contributed by atoms with Crippen LogP contribution in [0.3, 0.4) is 0 Å². The number of anilines is 1. The molecule has 0 bridgehead atoms. The van der Waals surface area contributed by atoms with Crippen molar-refractivity contribution in [2.75, 3.05) is 5.73 Å². The average molecular weight is 256 g/mol. The first-order chi connectivity index (χ1) is 7.56. The average Bonchev–Trinajstić information content (AvgIpc) is 2.51. The minimum atomic E-state index is 0.515. The summed E-state index contributed by atoms with van der Waals surface area (Å²) in [5.74, 6) is 0.801. The lowest BCUT2D eigenvalue weighted by atomic mass is 10.4. The molecule has 84 valence electrons. The lowest BCUT2D eigenvalue weighted by Crippen LogP contribution is -1.91. The Hall–Kier alpha value is -1.20. The van der Waals surface area contributed by atoms with Crippen molar-refractivity contribution in [2.24, 2.45) is 0 Å². The summed E-state index contributed by atoms with van der Waals surface area (Å²) in [4.78, 5) is 8.35. The molecule has 4 nitrogen and oxygen atoms in total. The van der Waals surface area contributed by atoms with Gasteiger partial charge in [0.05, 0.1) is 16.4 Å². The van der Waals surface area contributed by atoms with Crippen molar-refractivity contribution >= 4 is 29.1 Å². The molecule has 0 amide bonds. The zero-order valence-corrected chi connectivity index (χ0v) is 10.4. The fourth-order valence-electron chi connectivity index (χ4n) is 1.10. The van der Waals surface area contributed by atoms with E-state index in [0.29, 0.717) is 21.0 Å². The smallest absolute Gasteiger partial charge is 0.262 e. The summed E-state index contributed by atoms with van der Waals surface area (Å²) in [5, 5.41) is 1.70. The molecule has 2 rings (SSSR count). The summed E-state index contributed by atoms with van der Waals surface area (Å²) < 4.78 is 5.43. The fraction of sp³-hybridized carbons (Fsp3) is 0.200. The number of pyridine rings is 1. The molecule has 2 aromatic rings. The van der Waals surface area contributed by atoms with Crippen LogP contribution in [0.2, 0.25) is 5.02 Å². The molecule has 16 heavy (non-hydrogen) atoms. The molecular weight excluding hydrogens is 246 g/mol. The highest BCUT2D eigenvalue weighted by atomic mass is 35.5. The second-order valence-electron chi connectivity index (χ2n) is 3.27. The number of oxazole rings is 1. The van der Waals surface area contributed by atoms with Gasteiger partial charge in [-0.05, 0) is 31.7 Å². The van der Waals surface area contributed by atoms with Gasteiger partial charge in [0.1, 0.15) is 10.8 Å². The van der Waals surface area contributed by atoms with Gasteiger partial charge in [-0.2, -0.15) is 0 Å². The highest BCUT2D eigenvalue weighted by Gasteiger charge is 2.10. The van der Waals surface area contributed by atoms with Crippen molar-refractivity contribution in [3.8, 4) is 0 Å². The van der Waals surface area contributed by atoms with Crippen molar-refractivity contribution in [1.82, 2.24) is 9.97 Å². The number of nitrogens with zero attached hydrogens (tertiary/aromatic N) is 2. The van der Waals surface area contributed by atoms with Gasteiger partial charge in [-0.3, -0.25) is 0 Å². The molecule has 0 unspecified atom stereocenters. The molecule has 2 N–H and O–H groups in total. The molecular formula is C10H10ClN3OS. The Kier molecular flexibility index (Phi) is 3.07. The molecule has 6 heteroatoms. The van der Waals surface area contributed by atoms with Crippen LogP contribution >= 0.6 is 23.4 Å². The van der Waals surface area contributed by atoms with Crippen LogP contribution in [0.15, 0.2) is 26.9 Å². The lowest BCUT2D eigenvalue weighted by Gasteiger charge is -2.00. The van der Waals surface area contributed by atoms with Crippen molar-refractivity contribution in [2.45, 2.75) is 24.1 Å². The maximum atomic E-state index is 5.78. The van der Waals surface area contributed by atoms with Crippen LogP contribution in [0.4, 0.5) is 5.69 Å². The van der Waals surface area contributed by atoms with Gasteiger partial charge in [0, 0.05) is 6.20 Å². The van der Waals surface area contributed by atoms with Gasteiger partial charge >= 0.3 is 0 Å². The summed E-state index contributed by atoms with van der Waals surface area (Å²) in [6.07, 6.45) is 1.54. The van der Waals surface area contributed by atoms with Gasteiger partial charge in [-0.25, -0.2) is 9.97 Å². The third-order valence-corrected chi connectivity index (χ3v) is 3.13. The number of nitrogen functional groups attached to an aromatic ring is 1. The van der Waals surface area contributed by atoms with E-state index in [0.717, 1.165) is 11.5 Å². The first kappa shape index (κ1) is 11.3. The summed E-state index contributed by atoms with van der Waals surface area (Å²) >= 11 is 7.04. The van der Waals surface area contributed by atoms with Crippen LogP contribution in [-0.2, 0) is 0 Å². The van der Waals surface area contributed by atoms with Crippen LogP contribution in [0.1, 0.15) is 11.5 Å². The van der Waals surface area contributed by atoms with Crippen LogP contribution in [0.5, 0.6) is 0 Å². The number of halogens is 1. The minimum absolute atomic E-state index is 0.515. The maximum Gasteiger partial charge on any atom is 0.262 e. The molecule has 0 radical (unpaired) electrons. The van der Waals surface area contributed by atoms with Gasteiger partial charge in [0.25, 0.3) is 5.22 Å². The number of rotatable bonds is 2. The number of hydrogen-bond donors (Lipinski definition) is 1. The quantitative estimate of drug-likeness (QED) is 0.893. The highest BCUT2D eigenvalue weighted by molar-refractivity contribution is 7.99. The fourth-order valence-corrected chi connectivity index (χ4v) is 2.06. The van der Waals surface area contributed by atoms with E-state index in [2.05, 4.69) is 9.97 Å². The Morgan fingerprint density at radius 2 is 2.19 bits per heavy atom. The molecule has 2 heterocycles. The normalized spacial score (nSPS) is 10.7. The van der Waals surface area contributed by atoms with Crippen molar-refractivity contribution in [3.63, 3.8) is 0 Å².